The summed E-state index contributed by atoms with van der Waals surface area (Å²) >= 11 is 0. The van der Waals surface area contributed by atoms with Crippen LogP contribution in [0.2, 0.25) is 0 Å². The SMILES string of the molecule is CS(=O)(=O)CCCNCCN1CCOCC1. The molecule has 0 saturated carbocycles. The van der Waals surface area contributed by atoms with Crippen molar-refractivity contribution in [3.63, 3.8) is 0 Å². The topological polar surface area (TPSA) is 58.6 Å². The fraction of sp³-hybridized carbons (Fsp3) is 1.00. The highest BCUT2D eigenvalue weighted by molar-refractivity contribution is 7.90. The second-order valence-electron chi connectivity index (χ2n) is 4.19. The predicted octanol–water partition coefficient (Wildman–Crippen LogP) is -0.657. The minimum Gasteiger partial charge on any atom is -0.379 e. The van der Waals surface area contributed by atoms with Crippen LogP contribution in [0, 0.1) is 0 Å². The van der Waals surface area contributed by atoms with Gasteiger partial charge in [0.1, 0.15) is 9.84 Å². The lowest BCUT2D eigenvalue weighted by atomic mass is 10.4. The number of nitrogens with zero attached hydrogens (tertiary/aromatic N) is 1. The van der Waals surface area contributed by atoms with Crippen molar-refractivity contribution in [2.45, 2.75) is 6.42 Å². The summed E-state index contributed by atoms with van der Waals surface area (Å²) in [5, 5.41) is 3.26. The van der Waals surface area contributed by atoms with E-state index in [9.17, 15) is 8.42 Å². The molecule has 1 N–H and O–H groups in total. The summed E-state index contributed by atoms with van der Waals surface area (Å²) < 4.78 is 27.0. The molecule has 1 aliphatic heterocycles. The molecule has 0 unspecified atom stereocenters. The summed E-state index contributed by atoms with van der Waals surface area (Å²) in [6.07, 6.45) is 1.97. The van der Waals surface area contributed by atoms with Crippen LogP contribution in [0.5, 0.6) is 0 Å². The fourth-order valence-electron chi connectivity index (χ4n) is 1.65. The predicted molar refractivity (Wildman–Crippen MR) is 64.5 cm³/mol. The first-order valence-corrected chi connectivity index (χ1v) is 7.82. The average Bonchev–Trinajstić information content (AvgIpc) is 2.23. The van der Waals surface area contributed by atoms with Gasteiger partial charge in [-0.05, 0) is 13.0 Å². The molecule has 0 aliphatic carbocycles. The number of nitrogens with one attached hydrogen (secondary N) is 1. The van der Waals surface area contributed by atoms with E-state index in [0.717, 1.165) is 45.9 Å². The van der Waals surface area contributed by atoms with E-state index in [4.69, 9.17) is 4.74 Å². The number of sulfone groups is 1. The number of morpholine rings is 1. The molecule has 0 radical (unpaired) electrons. The standard InChI is InChI=1S/C10H22N2O3S/c1-16(13,14)10-2-3-11-4-5-12-6-8-15-9-7-12/h11H,2-10H2,1H3. The molecule has 0 amide bonds. The van der Waals surface area contributed by atoms with Gasteiger partial charge in [-0.1, -0.05) is 0 Å². The van der Waals surface area contributed by atoms with Crippen molar-refractivity contribution in [2.24, 2.45) is 0 Å². The third kappa shape index (κ3) is 7.16. The largest absolute Gasteiger partial charge is 0.379 e. The van der Waals surface area contributed by atoms with E-state index in [1.807, 2.05) is 0 Å². The van der Waals surface area contributed by atoms with Crippen LogP contribution in [0.25, 0.3) is 0 Å². The van der Waals surface area contributed by atoms with Crippen LogP contribution >= 0.6 is 0 Å². The van der Waals surface area contributed by atoms with Crippen LogP contribution in [0.15, 0.2) is 0 Å². The van der Waals surface area contributed by atoms with Crippen molar-refractivity contribution < 1.29 is 13.2 Å². The van der Waals surface area contributed by atoms with Gasteiger partial charge in [-0.3, -0.25) is 4.90 Å². The maximum atomic E-state index is 10.9. The van der Waals surface area contributed by atoms with Gasteiger partial charge in [0.2, 0.25) is 0 Å². The normalized spacial score (nSPS) is 18.8. The van der Waals surface area contributed by atoms with Gasteiger partial charge in [-0.15, -0.1) is 0 Å². The van der Waals surface area contributed by atoms with Crippen molar-refractivity contribution in [1.29, 1.82) is 0 Å². The van der Waals surface area contributed by atoms with E-state index in [1.165, 1.54) is 6.26 Å². The van der Waals surface area contributed by atoms with Gasteiger partial charge < -0.3 is 10.1 Å². The summed E-state index contributed by atoms with van der Waals surface area (Å²) in [5.74, 6) is 0.275. The minimum atomic E-state index is -2.80. The lowest BCUT2D eigenvalue weighted by molar-refractivity contribution is 0.0384. The summed E-state index contributed by atoms with van der Waals surface area (Å²) in [7, 11) is -2.80. The van der Waals surface area contributed by atoms with Crippen molar-refractivity contribution in [3.05, 3.63) is 0 Å². The molecule has 1 fully saturated rings. The molecule has 0 bridgehead atoms. The van der Waals surface area contributed by atoms with Crippen LogP contribution in [0.4, 0.5) is 0 Å². The van der Waals surface area contributed by atoms with Crippen LogP contribution in [-0.4, -0.2) is 71.3 Å². The van der Waals surface area contributed by atoms with Crippen molar-refractivity contribution in [3.8, 4) is 0 Å². The molecule has 0 atom stereocenters. The Morgan fingerprint density at radius 3 is 2.56 bits per heavy atom. The smallest absolute Gasteiger partial charge is 0.147 e. The van der Waals surface area contributed by atoms with Gasteiger partial charge in [-0.25, -0.2) is 8.42 Å². The third-order valence-electron chi connectivity index (χ3n) is 2.58. The lowest BCUT2D eigenvalue weighted by Gasteiger charge is -2.26. The van der Waals surface area contributed by atoms with E-state index in [0.29, 0.717) is 6.42 Å². The zero-order valence-corrected chi connectivity index (χ0v) is 10.8. The molecule has 0 aromatic heterocycles. The van der Waals surface area contributed by atoms with E-state index in [-0.39, 0.29) is 5.75 Å². The second-order valence-corrected chi connectivity index (χ2v) is 6.45. The van der Waals surface area contributed by atoms with Gasteiger partial charge >= 0.3 is 0 Å². The first-order chi connectivity index (χ1) is 7.58. The maximum Gasteiger partial charge on any atom is 0.147 e. The second kappa shape index (κ2) is 7.21. The van der Waals surface area contributed by atoms with Crippen molar-refractivity contribution in [2.75, 3.05) is 57.9 Å². The molecule has 0 aromatic rings. The molecule has 5 nitrogen and oxygen atoms in total. The number of rotatable bonds is 7. The molecule has 1 rings (SSSR count). The van der Waals surface area contributed by atoms with Crippen LogP contribution in [0.3, 0.4) is 0 Å². The number of hydrogen-bond acceptors (Lipinski definition) is 5. The first-order valence-electron chi connectivity index (χ1n) is 5.76. The van der Waals surface area contributed by atoms with Gasteiger partial charge in [0.15, 0.2) is 0 Å². The molecular weight excluding hydrogens is 228 g/mol. The Hall–Kier alpha value is -0.170. The Bertz CT molecular complexity index is 274. The van der Waals surface area contributed by atoms with Crippen LogP contribution in [0.1, 0.15) is 6.42 Å². The minimum absolute atomic E-state index is 0.275. The molecule has 16 heavy (non-hydrogen) atoms. The Labute approximate surface area is 98.1 Å². The molecule has 96 valence electrons. The first kappa shape index (κ1) is 13.9. The molecule has 0 aromatic carbocycles. The zero-order chi connectivity index (χ0) is 11.9. The molecule has 6 heteroatoms. The highest BCUT2D eigenvalue weighted by atomic mass is 32.2. The van der Waals surface area contributed by atoms with Crippen molar-refractivity contribution >= 4 is 9.84 Å². The van der Waals surface area contributed by atoms with Crippen molar-refractivity contribution in [1.82, 2.24) is 10.2 Å². The highest BCUT2D eigenvalue weighted by Crippen LogP contribution is 1.94. The molecule has 1 heterocycles. The highest BCUT2D eigenvalue weighted by Gasteiger charge is 2.08. The Kier molecular flexibility index (Phi) is 6.26. The van der Waals surface area contributed by atoms with E-state index in [1.54, 1.807) is 0 Å². The number of hydrogen-bond donors (Lipinski definition) is 1. The summed E-state index contributed by atoms with van der Waals surface area (Å²) in [6, 6.07) is 0. The third-order valence-corrected chi connectivity index (χ3v) is 3.61. The van der Waals surface area contributed by atoms with E-state index >= 15 is 0 Å². The average molecular weight is 250 g/mol. The van der Waals surface area contributed by atoms with Gasteiger partial charge in [0.05, 0.1) is 19.0 Å². The van der Waals surface area contributed by atoms with Crippen LogP contribution < -0.4 is 5.32 Å². The molecule has 1 aliphatic rings. The van der Waals surface area contributed by atoms with E-state index in [2.05, 4.69) is 10.2 Å². The molecular formula is C10H22N2O3S. The summed E-state index contributed by atoms with van der Waals surface area (Å²) in [5.41, 5.74) is 0. The van der Waals surface area contributed by atoms with Gasteiger partial charge in [0.25, 0.3) is 0 Å². The number of ether oxygens (including phenoxy) is 1. The lowest BCUT2D eigenvalue weighted by Crippen LogP contribution is -2.40. The maximum absolute atomic E-state index is 10.9. The summed E-state index contributed by atoms with van der Waals surface area (Å²) in [4.78, 5) is 2.35. The summed E-state index contributed by atoms with van der Waals surface area (Å²) in [6.45, 7) is 6.38. The fourth-order valence-corrected chi connectivity index (χ4v) is 2.32. The van der Waals surface area contributed by atoms with Gasteiger partial charge in [0, 0.05) is 32.4 Å². The zero-order valence-electron chi connectivity index (χ0n) is 9.94. The Morgan fingerprint density at radius 1 is 1.25 bits per heavy atom. The quantitative estimate of drug-likeness (QED) is 0.608. The molecule has 0 spiro atoms. The van der Waals surface area contributed by atoms with Crippen LogP contribution in [-0.2, 0) is 14.6 Å². The van der Waals surface area contributed by atoms with Gasteiger partial charge in [-0.2, -0.15) is 0 Å². The molecule has 1 saturated heterocycles. The monoisotopic (exact) mass is 250 g/mol. The van der Waals surface area contributed by atoms with E-state index < -0.39 is 9.84 Å². The Balaban J connectivity index is 1.91. The Morgan fingerprint density at radius 2 is 1.94 bits per heavy atom.